The van der Waals surface area contributed by atoms with E-state index < -0.39 is 0 Å². The maximum Gasteiger partial charge on any atom is 0.169 e. The van der Waals surface area contributed by atoms with Gasteiger partial charge in [0.2, 0.25) is 0 Å². The minimum atomic E-state index is -0.308. The van der Waals surface area contributed by atoms with Crippen LogP contribution >= 0.6 is 0 Å². The number of hydrogen-bond donors (Lipinski definition) is 1. The van der Waals surface area contributed by atoms with E-state index in [2.05, 4.69) is 13.8 Å². The van der Waals surface area contributed by atoms with E-state index in [0.717, 1.165) is 43.6 Å². The predicted molar refractivity (Wildman–Crippen MR) is 127 cm³/mol. The largest absolute Gasteiger partial charge is 0.380 e. The molecule has 4 aliphatic carbocycles. The molecule has 2 N–H and O–H groups in total. The van der Waals surface area contributed by atoms with Crippen molar-refractivity contribution in [1.29, 1.82) is 0 Å². The zero-order valence-electron chi connectivity index (χ0n) is 21.5. The molecule has 34 heavy (non-hydrogen) atoms. The second kappa shape index (κ2) is 7.64. The van der Waals surface area contributed by atoms with E-state index in [1.807, 2.05) is 6.92 Å². The number of rotatable bonds is 3. The van der Waals surface area contributed by atoms with Gasteiger partial charge in [0.15, 0.2) is 12.1 Å². The first-order valence-corrected chi connectivity index (χ1v) is 14.2. The molecule has 0 spiro atoms. The Bertz CT molecular complexity index is 825. The van der Waals surface area contributed by atoms with Crippen LogP contribution in [0.15, 0.2) is 0 Å². The Labute approximate surface area is 204 Å². The van der Waals surface area contributed by atoms with Gasteiger partial charge < -0.3 is 29.4 Å². The molecule has 3 heterocycles. The third-order valence-corrected chi connectivity index (χ3v) is 12.2. The fraction of sp³-hybridized carbons (Fsp3) is 1.00. The van der Waals surface area contributed by atoms with Crippen LogP contribution in [-0.4, -0.2) is 55.7 Å². The lowest BCUT2D eigenvalue weighted by Crippen LogP contribution is -2.60. The highest BCUT2D eigenvalue weighted by Gasteiger charge is 2.75. The van der Waals surface area contributed by atoms with Crippen LogP contribution in [-0.2, 0) is 23.7 Å². The summed E-state index contributed by atoms with van der Waals surface area (Å²) in [5.74, 6) is 3.97. The van der Waals surface area contributed by atoms with Crippen molar-refractivity contribution in [2.75, 3.05) is 13.7 Å². The molecule has 7 rings (SSSR count). The first kappa shape index (κ1) is 22.9. The topological polar surface area (TPSA) is 72.2 Å². The SMILES string of the molecule is CO[C@H]1C[C@H](O[C@H]2CC[C@@]3(C)[C@@H](CC[C@@H]4[C@@H]3C[C@@H]3CO[C@]5(C)O[C@]46CC[C@@H]5[C@@H]36)C2)O[C@H](C)[C@H]1N. The van der Waals surface area contributed by atoms with Gasteiger partial charge in [0.05, 0.1) is 36.6 Å². The highest BCUT2D eigenvalue weighted by Crippen LogP contribution is 2.73. The molecule has 0 aromatic heterocycles. The van der Waals surface area contributed by atoms with E-state index in [0.29, 0.717) is 23.2 Å². The fourth-order valence-electron chi connectivity index (χ4n) is 10.6. The highest BCUT2D eigenvalue weighted by atomic mass is 16.7. The molecule has 14 atom stereocenters. The summed E-state index contributed by atoms with van der Waals surface area (Å²) in [6.45, 7) is 7.82. The predicted octanol–water partition coefficient (Wildman–Crippen LogP) is 4.24. The molecule has 0 aromatic carbocycles. The van der Waals surface area contributed by atoms with E-state index in [1.54, 1.807) is 7.11 Å². The lowest BCUT2D eigenvalue weighted by molar-refractivity contribution is -0.286. The molecule has 4 saturated carbocycles. The van der Waals surface area contributed by atoms with Crippen molar-refractivity contribution < 1.29 is 23.7 Å². The van der Waals surface area contributed by atoms with Crippen molar-refractivity contribution in [2.24, 2.45) is 46.7 Å². The molecule has 3 aliphatic heterocycles. The third-order valence-electron chi connectivity index (χ3n) is 12.2. The van der Waals surface area contributed by atoms with Gasteiger partial charge in [0.1, 0.15) is 0 Å². The molecular weight excluding hydrogens is 430 g/mol. The molecule has 0 unspecified atom stereocenters. The smallest absolute Gasteiger partial charge is 0.169 e. The van der Waals surface area contributed by atoms with E-state index in [9.17, 15) is 0 Å². The summed E-state index contributed by atoms with van der Waals surface area (Å²) in [4.78, 5) is 0. The molecule has 7 fully saturated rings. The molecule has 0 amide bonds. The summed E-state index contributed by atoms with van der Waals surface area (Å²) in [7, 11) is 1.75. The summed E-state index contributed by atoms with van der Waals surface area (Å²) < 4.78 is 31.8. The van der Waals surface area contributed by atoms with Crippen molar-refractivity contribution in [3.05, 3.63) is 0 Å². The lowest BCUT2D eigenvalue weighted by Gasteiger charge is -2.62. The van der Waals surface area contributed by atoms with Crippen LogP contribution in [0.5, 0.6) is 0 Å². The van der Waals surface area contributed by atoms with Crippen LogP contribution in [0.25, 0.3) is 0 Å². The first-order valence-electron chi connectivity index (χ1n) is 14.2. The number of nitrogens with two attached hydrogens (primary N) is 1. The third kappa shape index (κ3) is 2.96. The molecule has 7 aliphatic rings. The van der Waals surface area contributed by atoms with Crippen molar-refractivity contribution >= 4 is 0 Å². The molecule has 0 aromatic rings. The Kier molecular flexibility index (Phi) is 5.15. The molecule has 6 nitrogen and oxygen atoms in total. The van der Waals surface area contributed by atoms with Crippen LogP contribution < -0.4 is 5.73 Å². The van der Waals surface area contributed by atoms with Crippen molar-refractivity contribution in [3.63, 3.8) is 0 Å². The quantitative estimate of drug-likeness (QED) is 0.616. The zero-order valence-corrected chi connectivity index (χ0v) is 21.5. The Morgan fingerprint density at radius 2 is 1.79 bits per heavy atom. The van der Waals surface area contributed by atoms with E-state index in [-0.39, 0.29) is 42.0 Å². The molecular formula is C28H45NO5. The number of ether oxygens (including phenoxy) is 5. The number of methoxy groups -OCH3 is 1. The standard InChI is InChI=1S/C28H45NO5/c1-15-25(29)22(30-4)13-23(32-15)33-18-7-9-26(2)17(12-18)5-6-19-21(26)11-16-14-31-27(3)20-8-10-28(19,34-27)24(16)20/h15-25H,5-14,29H2,1-4H3/t15-,16-,17+,18+,19-,20-,21+,22+,23+,24-,25-,26+,27-,28-/m1/s1. The molecule has 3 saturated heterocycles. The molecule has 4 bridgehead atoms. The van der Waals surface area contributed by atoms with E-state index in [1.165, 1.54) is 38.5 Å². The van der Waals surface area contributed by atoms with Crippen molar-refractivity contribution in [1.82, 2.24) is 0 Å². The Hall–Kier alpha value is -0.240. The second-order valence-corrected chi connectivity index (χ2v) is 13.4. The minimum Gasteiger partial charge on any atom is -0.380 e. The molecule has 192 valence electrons. The van der Waals surface area contributed by atoms with Crippen molar-refractivity contribution in [2.45, 2.75) is 121 Å². The van der Waals surface area contributed by atoms with E-state index in [4.69, 9.17) is 29.4 Å². The summed E-state index contributed by atoms with van der Waals surface area (Å²) in [5.41, 5.74) is 6.76. The maximum absolute atomic E-state index is 7.00. The Morgan fingerprint density at radius 3 is 2.62 bits per heavy atom. The zero-order chi connectivity index (χ0) is 23.5. The van der Waals surface area contributed by atoms with Gasteiger partial charge in [-0.05, 0) is 94.3 Å². The van der Waals surface area contributed by atoms with Gasteiger partial charge in [0, 0.05) is 25.4 Å². The average molecular weight is 476 g/mol. The summed E-state index contributed by atoms with van der Waals surface area (Å²) in [6, 6.07) is -0.0845. The van der Waals surface area contributed by atoms with Gasteiger partial charge in [-0.25, -0.2) is 0 Å². The normalized spacial score (nSPS) is 62.2. The van der Waals surface area contributed by atoms with Crippen LogP contribution in [0.1, 0.15) is 78.6 Å². The Balaban J connectivity index is 1.08. The lowest BCUT2D eigenvalue weighted by atomic mass is 9.44. The second-order valence-electron chi connectivity index (χ2n) is 13.4. The van der Waals surface area contributed by atoms with Gasteiger partial charge in [-0.3, -0.25) is 0 Å². The first-order chi connectivity index (χ1) is 16.3. The summed E-state index contributed by atoms with van der Waals surface area (Å²) in [6.07, 6.45) is 10.9. The van der Waals surface area contributed by atoms with Crippen LogP contribution in [0, 0.1) is 40.9 Å². The van der Waals surface area contributed by atoms with E-state index >= 15 is 0 Å². The summed E-state index contributed by atoms with van der Waals surface area (Å²) in [5, 5.41) is 0. The minimum absolute atomic E-state index is 0.00782. The molecule has 0 radical (unpaired) electrons. The van der Waals surface area contributed by atoms with Crippen molar-refractivity contribution in [3.8, 4) is 0 Å². The van der Waals surface area contributed by atoms with Gasteiger partial charge >= 0.3 is 0 Å². The fourth-order valence-corrected chi connectivity index (χ4v) is 10.6. The average Bonchev–Trinajstić information content (AvgIpc) is 3.30. The number of fused-ring (bicyclic) bond motifs is 3. The van der Waals surface area contributed by atoms with Gasteiger partial charge in [-0.1, -0.05) is 6.92 Å². The molecule has 6 heteroatoms. The van der Waals surface area contributed by atoms with Gasteiger partial charge in [0.25, 0.3) is 0 Å². The monoisotopic (exact) mass is 475 g/mol. The van der Waals surface area contributed by atoms with Gasteiger partial charge in [-0.2, -0.15) is 0 Å². The van der Waals surface area contributed by atoms with Crippen LogP contribution in [0.3, 0.4) is 0 Å². The number of hydrogen-bond acceptors (Lipinski definition) is 6. The Morgan fingerprint density at radius 1 is 0.941 bits per heavy atom. The van der Waals surface area contributed by atoms with Gasteiger partial charge in [-0.15, -0.1) is 0 Å². The maximum atomic E-state index is 7.00. The summed E-state index contributed by atoms with van der Waals surface area (Å²) >= 11 is 0. The highest BCUT2D eigenvalue weighted by molar-refractivity contribution is 5.21. The van der Waals surface area contributed by atoms with Crippen LogP contribution in [0.2, 0.25) is 0 Å². The van der Waals surface area contributed by atoms with Crippen LogP contribution in [0.4, 0.5) is 0 Å².